The third kappa shape index (κ3) is 3.62. The lowest BCUT2D eigenvalue weighted by Gasteiger charge is -2.17. The van der Waals surface area contributed by atoms with E-state index < -0.39 is 5.97 Å². The summed E-state index contributed by atoms with van der Waals surface area (Å²) in [6.45, 7) is 4.54. The molecule has 0 saturated carbocycles. The van der Waals surface area contributed by atoms with Gasteiger partial charge >= 0.3 is 5.97 Å². The molecule has 0 spiro atoms. The van der Waals surface area contributed by atoms with Gasteiger partial charge in [-0.2, -0.15) is 0 Å². The molecular formula is C17H20N4O4. The number of hydrogen-bond donors (Lipinski definition) is 1. The number of esters is 1. The number of ether oxygens (including phenoxy) is 1. The van der Waals surface area contributed by atoms with Crippen LogP contribution < -0.4 is 10.2 Å². The maximum Gasteiger partial charge on any atom is 0.356 e. The number of aryl methyl sites for hydroxylation is 1. The van der Waals surface area contributed by atoms with Gasteiger partial charge in [0.25, 0.3) is 0 Å². The second-order valence-corrected chi connectivity index (χ2v) is 6.02. The van der Waals surface area contributed by atoms with E-state index in [1.165, 1.54) is 20.4 Å². The lowest BCUT2D eigenvalue weighted by atomic mass is 10.0. The highest BCUT2D eigenvalue weighted by molar-refractivity contribution is 5.87. The van der Waals surface area contributed by atoms with Crippen molar-refractivity contribution in [1.29, 1.82) is 0 Å². The smallest absolute Gasteiger partial charge is 0.356 e. The van der Waals surface area contributed by atoms with Gasteiger partial charge in [-0.1, -0.05) is 0 Å². The Morgan fingerprint density at radius 1 is 1.32 bits per heavy atom. The highest BCUT2D eigenvalue weighted by atomic mass is 16.5. The summed E-state index contributed by atoms with van der Waals surface area (Å²) in [7, 11) is 1.31. The third-order valence-corrected chi connectivity index (χ3v) is 4.21. The molecule has 2 aromatic rings. The van der Waals surface area contributed by atoms with E-state index in [-0.39, 0.29) is 23.6 Å². The van der Waals surface area contributed by atoms with Crippen LogP contribution in [0.4, 0.5) is 5.82 Å². The minimum absolute atomic E-state index is 0.00542. The summed E-state index contributed by atoms with van der Waals surface area (Å²) in [4.78, 5) is 33.4. The van der Waals surface area contributed by atoms with Gasteiger partial charge in [0, 0.05) is 26.1 Å². The second kappa shape index (κ2) is 6.92. The zero-order chi connectivity index (χ0) is 18.0. The lowest BCUT2D eigenvalue weighted by Crippen LogP contribution is -2.38. The largest absolute Gasteiger partial charge is 0.466 e. The van der Waals surface area contributed by atoms with Gasteiger partial charge in [0.05, 0.1) is 19.1 Å². The minimum atomic E-state index is -0.514. The van der Waals surface area contributed by atoms with E-state index in [1.807, 2.05) is 24.0 Å². The van der Waals surface area contributed by atoms with Crippen molar-refractivity contribution in [1.82, 2.24) is 15.3 Å². The van der Waals surface area contributed by atoms with Crippen LogP contribution in [0.25, 0.3) is 0 Å². The summed E-state index contributed by atoms with van der Waals surface area (Å²) >= 11 is 0. The van der Waals surface area contributed by atoms with Crippen LogP contribution in [0.2, 0.25) is 0 Å². The van der Waals surface area contributed by atoms with E-state index in [0.717, 1.165) is 11.5 Å². The fraction of sp³-hybridized carbons (Fsp3) is 0.412. The predicted octanol–water partition coefficient (Wildman–Crippen LogP) is 1.27. The van der Waals surface area contributed by atoms with Crippen LogP contribution >= 0.6 is 0 Å². The Bertz CT molecular complexity index is 788. The molecule has 2 aromatic heterocycles. The quantitative estimate of drug-likeness (QED) is 0.834. The Morgan fingerprint density at radius 3 is 2.76 bits per heavy atom. The molecule has 1 aliphatic heterocycles. The number of anilines is 1. The Labute approximate surface area is 145 Å². The number of carbonyl (C=O) groups excluding carboxylic acids is 2. The first kappa shape index (κ1) is 16.9. The van der Waals surface area contributed by atoms with E-state index in [2.05, 4.69) is 15.3 Å². The molecule has 3 rings (SSSR count). The number of methoxy groups -OCH3 is 1. The van der Waals surface area contributed by atoms with E-state index in [4.69, 9.17) is 9.15 Å². The van der Waals surface area contributed by atoms with Crippen molar-refractivity contribution in [3.8, 4) is 0 Å². The fourth-order valence-corrected chi connectivity index (χ4v) is 3.08. The number of rotatable bonds is 4. The van der Waals surface area contributed by atoms with E-state index >= 15 is 0 Å². The summed E-state index contributed by atoms with van der Waals surface area (Å²) in [5, 5.41) is 2.97. The van der Waals surface area contributed by atoms with Crippen molar-refractivity contribution in [2.24, 2.45) is 0 Å². The zero-order valence-corrected chi connectivity index (χ0v) is 14.4. The van der Waals surface area contributed by atoms with Gasteiger partial charge in [-0.3, -0.25) is 4.79 Å². The van der Waals surface area contributed by atoms with Crippen LogP contribution in [-0.4, -0.2) is 48.1 Å². The summed E-state index contributed by atoms with van der Waals surface area (Å²) in [6.07, 6.45) is 1.33. The summed E-state index contributed by atoms with van der Waals surface area (Å²) < 4.78 is 10.5. The average molecular weight is 344 g/mol. The van der Waals surface area contributed by atoms with E-state index in [1.54, 1.807) is 6.07 Å². The minimum Gasteiger partial charge on any atom is -0.466 e. The molecule has 0 bridgehead atoms. The van der Waals surface area contributed by atoms with Crippen LogP contribution in [0.5, 0.6) is 0 Å². The lowest BCUT2D eigenvalue weighted by molar-refractivity contribution is -0.119. The van der Waals surface area contributed by atoms with Gasteiger partial charge in [-0.05, 0) is 19.1 Å². The Morgan fingerprint density at radius 2 is 2.12 bits per heavy atom. The van der Waals surface area contributed by atoms with Crippen molar-refractivity contribution in [2.75, 3.05) is 25.1 Å². The number of furan rings is 1. The maximum absolute atomic E-state index is 11.7. The van der Waals surface area contributed by atoms with Crippen molar-refractivity contribution >= 4 is 17.7 Å². The molecule has 3 heterocycles. The molecule has 1 aliphatic rings. The van der Waals surface area contributed by atoms with Gasteiger partial charge in [0.1, 0.15) is 23.7 Å². The second-order valence-electron chi connectivity index (χ2n) is 6.02. The first-order valence-electron chi connectivity index (χ1n) is 7.96. The Hall–Kier alpha value is -2.90. The van der Waals surface area contributed by atoms with Crippen molar-refractivity contribution in [2.45, 2.75) is 25.8 Å². The highest BCUT2D eigenvalue weighted by Gasteiger charge is 2.37. The maximum atomic E-state index is 11.7. The van der Waals surface area contributed by atoms with E-state index in [9.17, 15) is 9.59 Å². The van der Waals surface area contributed by atoms with Gasteiger partial charge in [0.2, 0.25) is 5.91 Å². The van der Waals surface area contributed by atoms with Crippen LogP contribution in [0.1, 0.15) is 34.9 Å². The standard InChI is InChI=1S/C17H20N4O4/c1-10-4-5-15(25-10)12-7-21(8-14(12)20-11(2)22)16-6-13(17(23)24-3)18-9-19-16/h4-6,9,12,14H,7-8H2,1-3H3,(H,20,22)/t12-,14-/m1/s1. The highest BCUT2D eigenvalue weighted by Crippen LogP contribution is 2.31. The summed E-state index contributed by atoms with van der Waals surface area (Å²) in [6, 6.07) is 5.31. The van der Waals surface area contributed by atoms with Crippen LogP contribution in [0, 0.1) is 6.92 Å². The molecule has 132 valence electrons. The number of hydrogen-bond acceptors (Lipinski definition) is 7. The zero-order valence-electron chi connectivity index (χ0n) is 14.4. The number of amides is 1. The molecule has 1 saturated heterocycles. The van der Waals surface area contributed by atoms with E-state index in [0.29, 0.717) is 18.9 Å². The monoisotopic (exact) mass is 344 g/mol. The van der Waals surface area contributed by atoms with Gasteiger partial charge < -0.3 is 19.4 Å². The molecule has 1 fully saturated rings. The van der Waals surface area contributed by atoms with Crippen LogP contribution in [0.3, 0.4) is 0 Å². The van der Waals surface area contributed by atoms with Crippen molar-refractivity contribution < 1.29 is 18.7 Å². The molecule has 25 heavy (non-hydrogen) atoms. The van der Waals surface area contributed by atoms with Gasteiger partial charge in [-0.25, -0.2) is 14.8 Å². The number of nitrogens with zero attached hydrogens (tertiary/aromatic N) is 3. The van der Waals surface area contributed by atoms with Crippen LogP contribution in [-0.2, 0) is 9.53 Å². The molecule has 1 amide bonds. The van der Waals surface area contributed by atoms with Gasteiger partial charge in [0.15, 0.2) is 5.69 Å². The number of aromatic nitrogens is 2. The number of nitrogens with one attached hydrogen (secondary N) is 1. The molecular weight excluding hydrogens is 324 g/mol. The molecule has 0 aromatic carbocycles. The summed E-state index contributed by atoms with van der Waals surface area (Å²) in [5.74, 6) is 1.63. The molecule has 0 radical (unpaired) electrons. The fourth-order valence-electron chi connectivity index (χ4n) is 3.08. The third-order valence-electron chi connectivity index (χ3n) is 4.21. The summed E-state index contributed by atoms with van der Waals surface area (Å²) in [5.41, 5.74) is 0.195. The Balaban J connectivity index is 1.86. The Kier molecular flexibility index (Phi) is 4.69. The average Bonchev–Trinajstić information content (AvgIpc) is 3.20. The molecule has 1 N–H and O–H groups in total. The number of carbonyl (C=O) groups is 2. The first-order valence-corrected chi connectivity index (χ1v) is 7.96. The molecule has 8 heteroatoms. The SMILES string of the molecule is COC(=O)c1cc(N2C[C@@H](NC(C)=O)[C@H](c3ccc(C)o3)C2)ncn1. The topological polar surface area (TPSA) is 97.6 Å². The van der Waals surface area contributed by atoms with Gasteiger partial charge in [-0.15, -0.1) is 0 Å². The van der Waals surface area contributed by atoms with Crippen LogP contribution in [0.15, 0.2) is 28.9 Å². The molecule has 8 nitrogen and oxygen atoms in total. The molecule has 0 aliphatic carbocycles. The molecule has 0 unspecified atom stereocenters. The van der Waals surface area contributed by atoms with Crippen molar-refractivity contribution in [3.05, 3.63) is 41.7 Å². The van der Waals surface area contributed by atoms with Crippen molar-refractivity contribution in [3.63, 3.8) is 0 Å². The first-order chi connectivity index (χ1) is 12.0. The normalized spacial score (nSPS) is 19.7. The molecule has 2 atom stereocenters. The predicted molar refractivity (Wildman–Crippen MR) is 89.4 cm³/mol.